The Bertz CT molecular complexity index is 1290. The van der Waals surface area contributed by atoms with Crippen LogP contribution in [0.15, 0.2) is 60.7 Å². The largest absolute Gasteiger partial charge is 0.463 e. The lowest BCUT2D eigenvalue weighted by molar-refractivity contribution is -0.255. The molecule has 0 aromatic heterocycles. The molecule has 44 heavy (non-hydrogen) atoms. The number of ether oxygens (including phenoxy) is 5. The minimum atomic E-state index is -1.32. The van der Waals surface area contributed by atoms with Crippen LogP contribution in [0.3, 0.4) is 0 Å². The third kappa shape index (κ3) is 9.73. The number of nitrogens with zero attached hydrogens (tertiary/aromatic N) is 1. The van der Waals surface area contributed by atoms with Gasteiger partial charge in [-0.05, 0) is 37.4 Å². The van der Waals surface area contributed by atoms with Crippen LogP contribution in [0.5, 0.6) is 0 Å². The zero-order valence-electron chi connectivity index (χ0n) is 25.6. The van der Waals surface area contributed by atoms with Crippen molar-refractivity contribution in [3.63, 3.8) is 0 Å². The van der Waals surface area contributed by atoms with Crippen LogP contribution >= 0.6 is 12.2 Å². The summed E-state index contributed by atoms with van der Waals surface area (Å²) < 4.78 is 27.8. The Morgan fingerprint density at radius 2 is 1.27 bits per heavy atom. The van der Waals surface area contributed by atoms with E-state index in [1.807, 2.05) is 74.8 Å². The topological polar surface area (TPSA) is 142 Å². The summed E-state index contributed by atoms with van der Waals surface area (Å²) in [6, 6.07) is 19.1. The Hall–Kier alpha value is -4.07. The predicted octanol–water partition coefficient (Wildman–Crippen LogP) is 2.58. The summed E-state index contributed by atoms with van der Waals surface area (Å²) in [5, 5.41) is 6.55. The molecule has 13 heteroatoms. The van der Waals surface area contributed by atoms with Gasteiger partial charge in [0.15, 0.2) is 29.7 Å². The maximum Gasteiger partial charge on any atom is 0.303 e. The van der Waals surface area contributed by atoms with Crippen molar-refractivity contribution in [1.82, 2.24) is 15.5 Å². The number of benzene rings is 2. The Kier molecular flexibility index (Phi) is 12.6. The third-order valence-electron chi connectivity index (χ3n) is 6.72. The molecule has 0 bridgehead atoms. The molecule has 1 fully saturated rings. The van der Waals surface area contributed by atoms with E-state index in [0.29, 0.717) is 0 Å². The number of hydrogen-bond donors (Lipinski definition) is 2. The number of thiocarbonyl (C=S) groups is 1. The molecule has 0 aliphatic carbocycles. The van der Waals surface area contributed by atoms with E-state index in [1.54, 1.807) is 0 Å². The van der Waals surface area contributed by atoms with Gasteiger partial charge in [0.1, 0.15) is 12.7 Å². The first kappa shape index (κ1) is 34.4. The van der Waals surface area contributed by atoms with Crippen LogP contribution < -0.4 is 10.6 Å². The molecule has 5 unspecified atom stereocenters. The van der Waals surface area contributed by atoms with Gasteiger partial charge in [0, 0.05) is 27.7 Å². The van der Waals surface area contributed by atoms with E-state index >= 15 is 0 Å². The Balaban J connectivity index is 1.98. The molecular formula is C31H39N3O9S. The molecule has 238 valence electrons. The second kappa shape index (κ2) is 16.1. The predicted molar refractivity (Wildman–Crippen MR) is 163 cm³/mol. The van der Waals surface area contributed by atoms with Gasteiger partial charge in [-0.3, -0.25) is 19.2 Å². The molecule has 0 amide bonds. The molecule has 0 radical (unpaired) electrons. The molecular weight excluding hydrogens is 590 g/mol. The van der Waals surface area contributed by atoms with E-state index in [1.165, 1.54) is 13.8 Å². The highest BCUT2D eigenvalue weighted by atomic mass is 32.1. The van der Waals surface area contributed by atoms with E-state index < -0.39 is 54.5 Å². The molecule has 12 nitrogen and oxygen atoms in total. The van der Waals surface area contributed by atoms with Crippen LogP contribution in [0.2, 0.25) is 0 Å². The SMILES string of the molecule is CC(=O)OCC1OC(NC(=S)N[C@@H](c2ccccc2)[C@H](c2ccccc2)N(C)C)C(OC(C)=O)C(OC(C)=O)C1OC(C)=O. The van der Waals surface area contributed by atoms with Gasteiger partial charge in [-0.15, -0.1) is 0 Å². The van der Waals surface area contributed by atoms with Gasteiger partial charge in [-0.25, -0.2) is 0 Å². The normalized spacial score (nSPS) is 22.6. The van der Waals surface area contributed by atoms with Crippen molar-refractivity contribution in [3.8, 4) is 0 Å². The summed E-state index contributed by atoms with van der Waals surface area (Å²) in [6.45, 7) is 4.36. The lowest BCUT2D eigenvalue weighted by Crippen LogP contribution is -2.67. The van der Waals surface area contributed by atoms with E-state index in [9.17, 15) is 19.2 Å². The third-order valence-corrected chi connectivity index (χ3v) is 6.96. The maximum absolute atomic E-state index is 12.2. The monoisotopic (exact) mass is 629 g/mol. The summed E-state index contributed by atoms with van der Waals surface area (Å²) in [4.78, 5) is 50.1. The smallest absolute Gasteiger partial charge is 0.303 e. The number of esters is 4. The molecule has 0 spiro atoms. The van der Waals surface area contributed by atoms with Gasteiger partial charge >= 0.3 is 23.9 Å². The summed E-state index contributed by atoms with van der Waals surface area (Å²) in [5.41, 5.74) is 1.98. The summed E-state index contributed by atoms with van der Waals surface area (Å²) in [7, 11) is 3.93. The summed E-state index contributed by atoms with van der Waals surface area (Å²) in [5.74, 6) is -2.75. The number of carbonyl (C=O) groups is 4. The minimum absolute atomic E-state index is 0.127. The van der Waals surface area contributed by atoms with Crippen molar-refractivity contribution >= 4 is 41.2 Å². The first-order valence-corrected chi connectivity index (χ1v) is 14.4. The second-order valence-corrected chi connectivity index (χ2v) is 10.9. The lowest BCUT2D eigenvalue weighted by atomic mass is 9.92. The first-order chi connectivity index (χ1) is 20.9. The number of hydrogen-bond acceptors (Lipinski definition) is 11. The van der Waals surface area contributed by atoms with Crippen molar-refractivity contribution in [2.24, 2.45) is 0 Å². The van der Waals surface area contributed by atoms with Crippen molar-refractivity contribution in [3.05, 3.63) is 71.8 Å². The van der Waals surface area contributed by atoms with Gasteiger partial charge in [0.25, 0.3) is 0 Å². The van der Waals surface area contributed by atoms with Crippen LogP contribution in [-0.2, 0) is 42.9 Å². The summed E-state index contributed by atoms with van der Waals surface area (Å²) in [6.07, 6.45) is -6.21. The fraction of sp³-hybridized carbons (Fsp3) is 0.452. The van der Waals surface area contributed by atoms with Crippen LogP contribution in [0.4, 0.5) is 0 Å². The molecule has 3 rings (SSSR count). The summed E-state index contributed by atoms with van der Waals surface area (Å²) >= 11 is 5.76. The Morgan fingerprint density at radius 1 is 0.773 bits per heavy atom. The molecule has 2 aromatic carbocycles. The van der Waals surface area contributed by atoms with Crippen LogP contribution in [0.25, 0.3) is 0 Å². The zero-order valence-corrected chi connectivity index (χ0v) is 26.4. The molecule has 1 heterocycles. The zero-order chi connectivity index (χ0) is 32.4. The standard InChI is InChI=1S/C31H39N3O9S/c1-18(35)39-17-24-27(40-19(2)36)28(41-20(3)37)29(42-21(4)38)30(43-24)33-31(44)32-25(22-13-9-7-10-14-22)26(34(5)6)23-15-11-8-12-16-23/h7-16,24-30H,17H2,1-6H3,(H2,32,33,44)/t24?,25-,26-,27?,28?,29?,30?/m0/s1. The molecule has 7 atom stereocenters. The highest BCUT2D eigenvalue weighted by Gasteiger charge is 2.52. The van der Waals surface area contributed by atoms with E-state index in [-0.39, 0.29) is 23.8 Å². The lowest BCUT2D eigenvalue weighted by Gasteiger charge is -2.45. The fourth-order valence-corrected chi connectivity index (χ4v) is 5.34. The Morgan fingerprint density at radius 3 is 1.77 bits per heavy atom. The van der Waals surface area contributed by atoms with Gasteiger partial charge < -0.3 is 39.2 Å². The van der Waals surface area contributed by atoms with Crippen molar-refractivity contribution in [2.45, 2.75) is 70.4 Å². The second-order valence-electron chi connectivity index (χ2n) is 10.4. The van der Waals surface area contributed by atoms with Crippen molar-refractivity contribution in [1.29, 1.82) is 0 Å². The number of carbonyl (C=O) groups excluding carboxylic acids is 4. The van der Waals surface area contributed by atoms with Crippen LogP contribution in [0.1, 0.15) is 50.9 Å². The maximum atomic E-state index is 12.2. The fourth-order valence-electron chi connectivity index (χ4n) is 5.10. The molecule has 2 N–H and O–H groups in total. The number of likely N-dealkylation sites (N-methyl/N-ethyl adjacent to an activating group) is 1. The van der Waals surface area contributed by atoms with Crippen molar-refractivity contribution in [2.75, 3.05) is 20.7 Å². The van der Waals surface area contributed by atoms with E-state index in [2.05, 4.69) is 15.5 Å². The first-order valence-electron chi connectivity index (χ1n) is 14.0. The molecule has 1 aliphatic rings. The van der Waals surface area contributed by atoms with Crippen LogP contribution in [0, 0.1) is 0 Å². The average molecular weight is 630 g/mol. The van der Waals surface area contributed by atoms with Gasteiger partial charge in [0.2, 0.25) is 0 Å². The number of nitrogens with one attached hydrogen (secondary N) is 2. The van der Waals surface area contributed by atoms with Gasteiger partial charge in [-0.1, -0.05) is 60.7 Å². The van der Waals surface area contributed by atoms with Gasteiger partial charge in [-0.2, -0.15) is 0 Å². The van der Waals surface area contributed by atoms with Crippen molar-refractivity contribution < 1.29 is 42.9 Å². The highest BCUT2D eigenvalue weighted by molar-refractivity contribution is 7.80. The van der Waals surface area contributed by atoms with E-state index in [4.69, 9.17) is 35.9 Å². The highest BCUT2D eigenvalue weighted by Crippen LogP contribution is 2.33. The average Bonchev–Trinajstić information content (AvgIpc) is 2.95. The van der Waals surface area contributed by atoms with E-state index in [0.717, 1.165) is 25.0 Å². The minimum Gasteiger partial charge on any atom is -0.463 e. The quantitative estimate of drug-likeness (QED) is 0.214. The molecule has 0 saturated carbocycles. The molecule has 2 aromatic rings. The van der Waals surface area contributed by atoms with Crippen LogP contribution in [-0.4, -0.2) is 85.2 Å². The molecule has 1 aliphatic heterocycles. The number of rotatable bonds is 11. The molecule has 1 saturated heterocycles. The van der Waals surface area contributed by atoms with Gasteiger partial charge in [0.05, 0.1) is 12.1 Å². The Labute approximate surface area is 262 Å².